The fourth-order valence-electron chi connectivity index (χ4n) is 3.94. The number of aliphatic hydroxyl groups is 1. The van der Waals surface area contributed by atoms with Crippen LogP contribution in [0.1, 0.15) is 18.4 Å². The van der Waals surface area contributed by atoms with Gasteiger partial charge in [0.15, 0.2) is 11.6 Å². The molecule has 2 N–H and O–H groups in total. The highest BCUT2D eigenvalue weighted by Gasteiger charge is 2.34. The molecule has 2 aliphatic rings. The van der Waals surface area contributed by atoms with Gasteiger partial charge in [0, 0.05) is 19.7 Å². The highest BCUT2D eigenvalue weighted by Crippen LogP contribution is 2.32. The van der Waals surface area contributed by atoms with Crippen molar-refractivity contribution in [3.63, 3.8) is 0 Å². The summed E-state index contributed by atoms with van der Waals surface area (Å²) in [6.45, 7) is 4.86. The zero-order valence-corrected chi connectivity index (χ0v) is 12.8. The molecule has 0 spiro atoms. The van der Waals surface area contributed by atoms with Gasteiger partial charge in [0.25, 0.3) is 0 Å². The molecule has 2 saturated heterocycles. The second-order valence-corrected chi connectivity index (χ2v) is 6.63. The summed E-state index contributed by atoms with van der Waals surface area (Å²) in [5.41, 5.74) is 0.827. The van der Waals surface area contributed by atoms with E-state index in [1.54, 1.807) is 6.07 Å². The fourth-order valence-corrected chi connectivity index (χ4v) is 3.94. The number of nitrogens with one attached hydrogen (secondary N) is 1. The fraction of sp³-hybridized carbons (Fsp3) is 0.647. The van der Waals surface area contributed by atoms with Gasteiger partial charge in [-0.3, -0.25) is 4.90 Å². The van der Waals surface area contributed by atoms with E-state index >= 15 is 0 Å². The number of hydrogen-bond acceptors (Lipinski definition) is 3. The van der Waals surface area contributed by atoms with Crippen molar-refractivity contribution in [3.05, 3.63) is 35.4 Å². The van der Waals surface area contributed by atoms with Gasteiger partial charge in [0.2, 0.25) is 0 Å². The highest BCUT2D eigenvalue weighted by molar-refractivity contribution is 5.17. The Morgan fingerprint density at radius 3 is 2.59 bits per heavy atom. The minimum atomic E-state index is -0.786. The molecule has 0 unspecified atom stereocenters. The lowest BCUT2D eigenvalue weighted by Gasteiger charge is -2.36. The van der Waals surface area contributed by atoms with Crippen molar-refractivity contribution in [1.82, 2.24) is 10.2 Å². The second-order valence-electron chi connectivity index (χ2n) is 6.63. The Hall–Kier alpha value is -1.04. The summed E-state index contributed by atoms with van der Waals surface area (Å²) in [4.78, 5) is 2.31. The van der Waals surface area contributed by atoms with Crippen molar-refractivity contribution in [2.75, 3.05) is 32.8 Å². The molecule has 1 aromatic rings. The summed E-state index contributed by atoms with van der Waals surface area (Å²) < 4.78 is 26.2. The van der Waals surface area contributed by atoms with E-state index in [9.17, 15) is 13.9 Å². The summed E-state index contributed by atoms with van der Waals surface area (Å²) in [7, 11) is 0. The Labute approximate surface area is 130 Å². The number of hydrogen-bond donors (Lipinski definition) is 2. The maximum absolute atomic E-state index is 13.3. The topological polar surface area (TPSA) is 35.5 Å². The van der Waals surface area contributed by atoms with Gasteiger partial charge in [-0.25, -0.2) is 8.78 Å². The summed E-state index contributed by atoms with van der Waals surface area (Å²) in [6.07, 6.45) is 2.24. The van der Waals surface area contributed by atoms with Gasteiger partial charge in [0.05, 0.1) is 0 Å². The third-order valence-electron chi connectivity index (χ3n) is 5.25. The maximum Gasteiger partial charge on any atom is 0.159 e. The second kappa shape index (κ2) is 7.02. The number of rotatable bonds is 4. The first-order valence-corrected chi connectivity index (χ1v) is 8.15. The number of likely N-dealkylation sites (tertiary alicyclic amines) is 1. The zero-order valence-electron chi connectivity index (χ0n) is 12.8. The van der Waals surface area contributed by atoms with Gasteiger partial charge >= 0.3 is 0 Å². The Kier molecular flexibility index (Phi) is 5.06. The predicted molar refractivity (Wildman–Crippen MR) is 81.3 cm³/mol. The lowest BCUT2D eigenvalue weighted by Crippen LogP contribution is -2.38. The van der Waals surface area contributed by atoms with Crippen molar-refractivity contribution in [1.29, 1.82) is 0 Å². The van der Waals surface area contributed by atoms with E-state index in [2.05, 4.69) is 10.2 Å². The number of nitrogens with zero attached hydrogens (tertiary/aromatic N) is 1. The number of halogens is 2. The van der Waals surface area contributed by atoms with E-state index in [0.717, 1.165) is 44.6 Å². The van der Waals surface area contributed by atoms with Gasteiger partial charge in [-0.2, -0.15) is 0 Å². The van der Waals surface area contributed by atoms with Crippen molar-refractivity contribution in [2.45, 2.75) is 19.4 Å². The molecular weight excluding hydrogens is 286 g/mol. The van der Waals surface area contributed by atoms with Crippen LogP contribution in [-0.4, -0.2) is 42.8 Å². The molecule has 5 heteroatoms. The first-order valence-electron chi connectivity index (χ1n) is 8.15. The van der Waals surface area contributed by atoms with Crippen LogP contribution < -0.4 is 5.32 Å². The van der Waals surface area contributed by atoms with Gasteiger partial charge in [0.1, 0.15) is 0 Å². The monoisotopic (exact) mass is 310 g/mol. The summed E-state index contributed by atoms with van der Waals surface area (Å²) >= 11 is 0. The molecule has 122 valence electrons. The van der Waals surface area contributed by atoms with E-state index in [1.807, 2.05) is 0 Å². The molecule has 2 fully saturated rings. The Morgan fingerprint density at radius 1 is 1.14 bits per heavy atom. The van der Waals surface area contributed by atoms with E-state index in [0.29, 0.717) is 24.3 Å². The molecule has 0 radical (unpaired) electrons. The van der Waals surface area contributed by atoms with E-state index in [1.165, 1.54) is 12.1 Å². The number of piperidine rings is 1. The SMILES string of the molecule is OC[C@@H]1CNC[C@H]1C1CCN(Cc2ccc(F)c(F)c2)CC1. The highest BCUT2D eigenvalue weighted by atomic mass is 19.2. The van der Waals surface area contributed by atoms with Crippen LogP contribution in [0.3, 0.4) is 0 Å². The summed E-state index contributed by atoms with van der Waals surface area (Å²) in [5.74, 6) is 0.0768. The minimum absolute atomic E-state index is 0.271. The van der Waals surface area contributed by atoms with Crippen LogP contribution in [0.2, 0.25) is 0 Å². The third kappa shape index (κ3) is 3.47. The molecule has 0 amide bonds. The molecule has 3 nitrogen and oxygen atoms in total. The molecule has 0 bridgehead atoms. The van der Waals surface area contributed by atoms with E-state index in [-0.39, 0.29) is 6.61 Å². The number of aliphatic hydroxyl groups excluding tert-OH is 1. The molecule has 0 aromatic heterocycles. The van der Waals surface area contributed by atoms with E-state index in [4.69, 9.17) is 0 Å². The molecule has 2 atom stereocenters. The first-order chi connectivity index (χ1) is 10.7. The van der Waals surface area contributed by atoms with Crippen LogP contribution in [0.4, 0.5) is 8.78 Å². The van der Waals surface area contributed by atoms with Crippen LogP contribution in [0.25, 0.3) is 0 Å². The Morgan fingerprint density at radius 2 is 1.91 bits per heavy atom. The van der Waals surface area contributed by atoms with Crippen molar-refractivity contribution in [2.24, 2.45) is 17.8 Å². The molecule has 22 heavy (non-hydrogen) atoms. The standard InChI is InChI=1S/C17H24F2N2O/c18-16-2-1-12(7-17(16)19)10-21-5-3-13(4-6-21)15-9-20-8-14(15)11-22/h1-2,7,13-15,20,22H,3-6,8-11H2/t14-,15-/m0/s1. The maximum atomic E-state index is 13.3. The lowest BCUT2D eigenvalue weighted by molar-refractivity contribution is 0.108. The molecule has 0 saturated carbocycles. The normalized spacial score (nSPS) is 27.4. The quantitative estimate of drug-likeness (QED) is 0.893. The van der Waals surface area contributed by atoms with Crippen LogP contribution in [-0.2, 0) is 6.54 Å². The molecule has 3 rings (SSSR count). The molecule has 2 heterocycles. The van der Waals surface area contributed by atoms with Gasteiger partial charge in [-0.1, -0.05) is 6.07 Å². The minimum Gasteiger partial charge on any atom is -0.396 e. The average molecular weight is 310 g/mol. The average Bonchev–Trinajstić information content (AvgIpc) is 3.00. The van der Waals surface area contributed by atoms with Gasteiger partial charge < -0.3 is 10.4 Å². The molecular formula is C17H24F2N2O. The van der Waals surface area contributed by atoms with Crippen molar-refractivity contribution < 1.29 is 13.9 Å². The van der Waals surface area contributed by atoms with Crippen molar-refractivity contribution in [3.8, 4) is 0 Å². The smallest absolute Gasteiger partial charge is 0.159 e. The first kappa shape index (κ1) is 15.8. The Balaban J connectivity index is 1.52. The van der Waals surface area contributed by atoms with Crippen LogP contribution >= 0.6 is 0 Å². The molecule has 0 aliphatic carbocycles. The predicted octanol–water partition coefficient (Wildman–Crippen LogP) is 2.00. The number of benzene rings is 1. The van der Waals surface area contributed by atoms with Gasteiger partial charge in [-0.15, -0.1) is 0 Å². The third-order valence-corrected chi connectivity index (χ3v) is 5.25. The molecule has 1 aromatic carbocycles. The van der Waals surface area contributed by atoms with Crippen molar-refractivity contribution >= 4 is 0 Å². The lowest BCUT2D eigenvalue weighted by atomic mass is 9.79. The van der Waals surface area contributed by atoms with Crippen LogP contribution in [0.5, 0.6) is 0 Å². The summed E-state index contributed by atoms with van der Waals surface area (Å²) in [5, 5.41) is 12.8. The van der Waals surface area contributed by atoms with Crippen LogP contribution in [0, 0.1) is 29.4 Å². The van der Waals surface area contributed by atoms with Gasteiger partial charge in [-0.05, 0) is 67.9 Å². The molecule has 2 aliphatic heterocycles. The zero-order chi connectivity index (χ0) is 15.5. The Bertz CT molecular complexity index is 503. The summed E-state index contributed by atoms with van der Waals surface area (Å²) in [6, 6.07) is 4.16. The van der Waals surface area contributed by atoms with E-state index < -0.39 is 11.6 Å². The largest absolute Gasteiger partial charge is 0.396 e. The van der Waals surface area contributed by atoms with Crippen LogP contribution in [0.15, 0.2) is 18.2 Å².